The topological polar surface area (TPSA) is 87.1 Å². The van der Waals surface area contributed by atoms with E-state index in [2.05, 4.69) is 20.6 Å². The number of fused-ring (bicyclic) bond motifs is 1. The monoisotopic (exact) mass is 466 g/mol. The molecule has 33 heavy (non-hydrogen) atoms. The molecule has 1 amide bonds. The predicted octanol–water partition coefficient (Wildman–Crippen LogP) is 5.03. The van der Waals surface area contributed by atoms with Crippen LogP contribution in [0.25, 0.3) is 11.4 Å². The van der Waals surface area contributed by atoms with Gasteiger partial charge in [-0.1, -0.05) is 32.0 Å². The van der Waals surface area contributed by atoms with Crippen LogP contribution in [-0.4, -0.2) is 27.2 Å². The minimum absolute atomic E-state index is 0.0190. The zero-order chi connectivity index (χ0) is 24.3. The highest BCUT2D eigenvalue weighted by Crippen LogP contribution is 2.34. The van der Waals surface area contributed by atoms with Crippen molar-refractivity contribution in [3.8, 4) is 11.4 Å². The summed E-state index contributed by atoms with van der Waals surface area (Å²) >= 11 is 0. The van der Waals surface area contributed by atoms with E-state index < -0.39 is 35.4 Å². The molecule has 0 saturated carbocycles. The van der Waals surface area contributed by atoms with Gasteiger partial charge in [0.1, 0.15) is 23.0 Å². The largest absolute Gasteiger partial charge is 0.418 e. The second-order valence-electron chi connectivity index (χ2n) is 6.69. The number of amides is 1. The fourth-order valence-electron chi connectivity index (χ4n) is 3.11. The van der Waals surface area contributed by atoms with Crippen molar-refractivity contribution >= 4 is 17.4 Å². The lowest BCUT2D eigenvalue weighted by Crippen LogP contribution is -2.20. The van der Waals surface area contributed by atoms with Gasteiger partial charge in [0.25, 0.3) is 5.91 Å². The van der Waals surface area contributed by atoms with Gasteiger partial charge in [-0.05, 0) is 29.8 Å². The molecule has 174 valence electrons. The Bertz CT molecular complexity index is 1150. The summed E-state index contributed by atoms with van der Waals surface area (Å²) in [5.41, 5.74) is -0.350. The van der Waals surface area contributed by atoms with Gasteiger partial charge in [0, 0.05) is 5.69 Å². The first kappa shape index (κ1) is 24.1. The van der Waals surface area contributed by atoms with Crippen LogP contribution >= 0.6 is 0 Å². The van der Waals surface area contributed by atoms with Crippen molar-refractivity contribution in [2.75, 3.05) is 5.32 Å². The molecular formula is C22H19F5N4O2. The lowest BCUT2D eigenvalue weighted by molar-refractivity contribution is -0.206. The number of carbonyl (C=O) groups is 1. The number of hydrogen-bond acceptors (Lipinski definition) is 5. The van der Waals surface area contributed by atoms with Crippen molar-refractivity contribution in [1.82, 2.24) is 15.3 Å². The van der Waals surface area contributed by atoms with Gasteiger partial charge in [0.2, 0.25) is 0 Å². The van der Waals surface area contributed by atoms with E-state index in [1.165, 1.54) is 18.2 Å². The molecule has 1 unspecified atom stereocenters. The summed E-state index contributed by atoms with van der Waals surface area (Å²) in [5, 5.41) is 14.6. The van der Waals surface area contributed by atoms with Crippen LogP contribution < -0.4 is 10.6 Å². The molecule has 0 radical (unpaired) electrons. The molecule has 1 aromatic heterocycles. The lowest BCUT2D eigenvalue weighted by Gasteiger charge is -2.16. The van der Waals surface area contributed by atoms with Crippen molar-refractivity contribution in [2.24, 2.45) is 0 Å². The number of aliphatic hydroxyl groups is 1. The number of carbonyl (C=O) groups excluding carboxylic acids is 1. The zero-order valence-electron chi connectivity index (χ0n) is 17.5. The van der Waals surface area contributed by atoms with Gasteiger partial charge in [-0.25, -0.2) is 18.7 Å². The molecule has 3 aromatic rings. The minimum atomic E-state index is -4.82. The summed E-state index contributed by atoms with van der Waals surface area (Å²) in [4.78, 5) is 20.4. The first-order valence-corrected chi connectivity index (χ1v) is 9.90. The van der Waals surface area contributed by atoms with Crippen LogP contribution in [-0.2, 0) is 6.54 Å². The highest BCUT2D eigenvalue weighted by molar-refractivity contribution is 6.03. The zero-order valence-corrected chi connectivity index (χ0v) is 17.5. The number of aromatic nitrogens is 2. The predicted molar refractivity (Wildman–Crippen MR) is 111 cm³/mol. The molecule has 11 heteroatoms. The van der Waals surface area contributed by atoms with Crippen molar-refractivity contribution in [3.63, 3.8) is 0 Å². The van der Waals surface area contributed by atoms with E-state index in [1.807, 2.05) is 13.8 Å². The third kappa shape index (κ3) is 4.92. The molecule has 6 nitrogen and oxygen atoms in total. The quantitative estimate of drug-likeness (QED) is 0.470. The Morgan fingerprint density at radius 3 is 2.18 bits per heavy atom. The third-order valence-electron chi connectivity index (χ3n) is 4.61. The van der Waals surface area contributed by atoms with Crippen LogP contribution in [0.15, 0.2) is 42.5 Å². The summed E-state index contributed by atoms with van der Waals surface area (Å²) in [6, 6.07) is 7.86. The standard InChI is InChI=1S/C20H13F5N4O2.C2H6/c21-11-2-1-3-12(22)14(11)17-28-13-8-26-19(31)15(13)18(29-17)27-10-6-4-9(5-7-10)16(30)20(23,24)25;1-2/h1-7,16,30H,8H2,(H,26,31)(H,27,28,29);1-2H3. The van der Waals surface area contributed by atoms with Crippen LogP contribution in [0.1, 0.15) is 41.6 Å². The highest BCUT2D eigenvalue weighted by Gasteiger charge is 2.39. The molecule has 1 atom stereocenters. The Labute approximate surface area is 185 Å². The Morgan fingerprint density at radius 2 is 1.61 bits per heavy atom. The van der Waals surface area contributed by atoms with E-state index in [1.54, 1.807) is 0 Å². The smallest absolute Gasteiger partial charge is 0.379 e. The molecule has 0 bridgehead atoms. The van der Waals surface area contributed by atoms with Gasteiger partial charge in [-0.3, -0.25) is 4.79 Å². The fourth-order valence-corrected chi connectivity index (χ4v) is 3.11. The number of halogens is 5. The molecule has 4 rings (SSSR count). The van der Waals surface area contributed by atoms with Crippen LogP contribution in [0.3, 0.4) is 0 Å². The van der Waals surface area contributed by atoms with Crippen molar-refractivity contribution in [3.05, 3.63) is 70.9 Å². The van der Waals surface area contributed by atoms with Gasteiger partial charge in [0.05, 0.1) is 17.8 Å². The molecule has 0 spiro atoms. The number of alkyl halides is 3. The maximum Gasteiger partial charge on any atom is 0.418 e. The molecule has 0 fully saturated rings. The average molecular weight is 466 g/mol. The van der Waals surface area contributed by atoms with Crippen molar-refractivity contribution in [2.45, 2.75) is 32.7 Å². The number of hydrogen-bond donors (Lipinski definition) is 3. The Balaban J connectivity index is 0.00000149. The summed E-state index contributed by atoms with van der Waals surface area (Å²) < 4.78 is 66.4. The van der Waals surface area contributed by atoms with Gasteiger partial charge in [-0.15, -0.1) is 0 Å². The van der Waals surface area contributed by atoms with Crippen molar-refractivity contribution < 1.29 is 31.9 Å². The number of aliphatic hydroxyl groups excluding tert-OH is 1. The third-order valence-corrected chi connectivity index (χ3v) is 4.61. The molecule has 2 heterocycles. The number of nitrogens with zero attached hydrogens (tertiary/aromatic N) is 2. The summed E-state index contributed by atoms with van der Waals surface area (Å²) in [7, 11) is 0. The first-order valence-electron chi connectivity index (χ1n) is 9.90. The van der Waals surface area contributed by atoms with E-state index in [0.29, 0.717) is 0 Å². The molecule has 1 aliphatic rings. The minimum Gasteiger partial charge on any atom is -0.379 e. The molecule has 3 N–H and O–H groups in total. The SMILES string of the molecule is CC.O=C1NCc2nc(-c3c(F)cccc3F)nc(Nc3ccc(C(O)C(F)(F)F)cc3)c21. The van der Waals surface area contributed by atoms with Crippen LogP contribution in [0, 0.1) is 11.6 Å². The number of nitrogens with one attached hydrogen (secondary N) is 2. The Morgan fingerprint density at radius 1 is 1.00 bits per heavy atom. The highest BCUT2D eigenvalue weighted by atomic mass is 19.4. The molecular weight excluding hydrogens is 447 g/mol. The first-order chi connectivity index (χ1) is 15.6. The van der Waals surface area contributed by atoms with E-state index in [9.17, 15) is 31.9 Å². The molecule has 2 aromatic carbocycles. The van der Waals surface area contributed by atoms with E-state index >= 15 is 0 Å². The van der Waals surface area contributed by atoms with E-state index in [-0.39, 0.29) is 40.7 Å². The van der Waals surface area contributed by atoms with E-state index in [0.717, 1.165) is 24.3 Å². The van der Waals surface area contributed by atoms with Crippen LogP contribution in [0.5, 0.6) is 0 Å². The Hall–Kier alpha value is -3.60. The molecule has 0 saturated heterocycles. The number of benzene rings is 2. The lowest BCUT2D eigenvalue weighted by atomic mass is 10.1. The summed E-state index contributed by atoms with van der Waals surface area (Å²) in [6.45, 7) is 4.02. The maximum atomic E-state index is 14.2. The average Bonchev–Trinajstić information content (AvgIpc) is 3.15. The molecule has 1 aliphatic heterocycles. The summed E-state index contributed by atoms with van der Waals surface area (Å²) in [5.74, 6) is -2.66. The van der Waals surface area contributed by atoms with Crippen molar-refractivity contribution in [1.29, 1.82) is 0 Å². The summed E-state index contributed by atoms with van der Waals surface area (Å²) in [6.07, 6.45) is -7.47. The second kappa shape index (κ2) is 9.49. The fraction of sp³-hybridized carbons (Fsp3) is 0.227. The van der Waals surface area contributed by atoms with Gasteiger partial charge >= 0.3 is 6.18 Å². The van der Waals surface area contributed by atoms with Crippen LogP contribution in [0.2, 0.25) is 0 Å². The number of anilines is 2. The van der Waals surface area contributed by atoms with Gasteiger partial charge in [-0.2, -0.15) is 13.2 Å². The van der Waals surface area contributed by atoms with Gasteiger partial charge in [0.15, 0.2) is 11.9 Å². The number of rotatable bonds is 4. The van der Waals surface area contributed by atoms with Crippen LogP contribution in [0.4, 0.5) is 33.5 Å². The maximum absolute atomic E-state index is 14.2. The second-order valence-corrected chi connectivity index (χ2v) is 6.69. The van der Waals surface area contributed by atoms with E-state index in [4.69, 9.17) is 0 Å². The molecule has 0 aliphatic carbocycles. The Kier molecular flexibility index (Phi) is 6.92. The normalized spacial score (nSPS) is 13.5. The van der Waals surface area contributed by atoms with Gasteiger partial charge < -0.3 is 15.7 Å².